The minimum absolute atomic E-state index is 0.131. The summed E-state index contributed by atoms with van der Waals surface area (Å²) in [5.41, 5.74) is 2.85. The van der Waals surface area contributed by atoms with Crippen molar-refractivity contribution in [3.63, 3.8) is 0 Å². The molecule has 3 N–H and O–H groups in total. The molecule has 164 valence electrons. The molecule has 0 atom stereocenters. The molecule has 0 saturated heterocycles. The highest BCUT2D eigenvalue weighted by molar-refractivity contribution is 7.99. The number of hydrogen-bond donors (Lipinski definition) is 3. The summed E-state index contributed by atoms with van der Waals surface area (Å²) in [6.07, 6.45) is 1.19. The van der Waals surface area contributed by atoms with Crippen LogP contribution in [0.4, 0.5) is 22.9 Å². The molecule has 0 radical (unpaired) electrons. The molecule has 3 aromatic carbocycles. The van der Waals surface area contributed by atoms with Gasteiger partial charge in [-0.15, -0.1) is 0 Å². The van der Waals surface area contributed by atoms with Crippen molar-refractivity contribution in [2.24, 2.45) is 0 Å². The molecule has 1 aromatic heterocycles. The van der Waals surface area contributed by atoms with Crippen molar-refractivity contribution in [1.29, 1.82) is 0 Å². The third-order valence-electron chi connectivity index (χ3n) is 4.55. The van der Waals surface area contributed by atoms with E-state index in [2.05, 4.69) is 32.5 Å². The number of nitrogens with zero attached hydrogens (tertiary/aromatic N) is 2. The van der Waals surface area contributed by atoms with E-state index in [-0.39, 0.29) is 17.6 Å². The molecule has 4 rings (SSSR count). The number of amides is 2. The van der Waals surface area contributed by atoms with E-state index in [0.29, 0.717) is 22.3 Å². The molecule has 0 saturated carbocycles. The molecular formula is C25H21N5O2S. The number of thioether (sulfide) groups is 1. The molecule has 8 heteroatoms. The van der Waals surface area contributed by atoms with Crippen LogP contribution >= 0.6 is 11.8 Å². The topological polar surface area (TPSA) is 96.0 Å². The lowest BCUT2D eigenvalue weighted by Gasteiger charge is -2.11. The SMILES string of the molecule is C=CC(=O)Nc1cccc(NC(=O)CSc2nc(Nc3ccccc3)c3ccccc3n2)c1. The average molecular weight is 456 g/mol. The Labute approximate surface area is 195 Å². The van der Waals surface area contributed by atoms with Crippen molar-refractivity contribution >= 4 is 57.4 Å². The van der Waals surface area contributed by atoms with Crippen LogP contribution in [0.3, 0.4) is 0 Å². The van der Waals surface area contributed by atoms with Gasteiger partial charge in [0.2, 0.25) is 11.8 Å². The van der Waals surface area contributed by atoms with E-state index >= 15 is 0 Å². The van der Waals surface area contributed by atoms with E-state index < -0.39 is 0 Å². The highest BCUT2D eigenvalue weighted by Crippen LogP contribution is 2.27. The Balaban J connectivity index is 1.46. The maximum absolute atomic E-state index is 12.5. The van der Waals surface area contributed by atoms with Crippen LogP contribution in [0.15, 0.2) is 96.7 Å². The number of hydrogen-bond acceptors (Lipinski definition) is 6. The lowest BCUT2D eigenvalue weighted by Crippen LogP contribution is -2.15. The molecule has 0 bridgehead atoms. The van der Waals surface area contributed by atoms with Crippen LogP contribution in [0.2, 0.25) is 0 Å². The van der Waals surface area contributed by atoms with Gasteiger partial charge in [-0.3, -0.25) is 9.59 Å². The maximum atomic E-state index is 12.5. The van der Waals surface area contributed by atoms with Crippen LogP contribution in [-0.4, -0.2) is 27.5 Å². The molecule has 0 fully saturated rings. The Hall–Kier alpha value is -4.17. The van der Waals surface area contributed by atoms with Crippen LogP contribution in [0.5, 0.6) is 0 Å². The first-order valence-electron chi connectivity index (χ1n) is 10.2. The lowest BCUT2D eigenvalue weighted by molar-refractivity contribution is -0.114. The zero-order valence-electron chi connectivity index (χ0n) is 17.6. The van der Waals surface area contributed by atoms with Crippen LogP contribution in [0.25, 0.3) is 10.9 Å². The van der Waals surface area contributed by atoms with Crippen LogP contribution < -0.4 is 16.0 Å². The monoisotopic (exact) mass is 455 g/mol. The minimum atomic E-state index is -0.317. The van der Waals surface area contributed by atoms with E-state index in [9.17, 15) is 9.59 Å². The van der Waals surface area contributed by atoms with Gasteiger partial charge in [-0.2, -0.15) is 0 Å². The summed E-state index contributed by atoms with van der Waals surface area (Å²) >= 11 is 1.25. The Morgan fingerprint density at radius 2 is 1.55 bits per heavy atom. The fraction of sp³-hybridized carbons (Fsp3) is 0.0400. The predicted molar refractivity (Wildman–Crippen MR) is 134 cm³/mol. The summed E-state index contributed by atoms with van der Waals surface area (Å²) in [7, 11) is 0. The first-order chi connectivity index (χ1) is 16.1. The van der Waals surface area contributed by atoms with Gasteiger partial charge >= 0.3 is 0 Å². The third-order valence-corrected chi connectivity index (χ3v) is 5.40. The van der Waals surface area contributed by atoms with E-state index in [1.807, 2.05) is 54.6 Å². The summed E-state index contributed by atoms with van der Waals surface area (Å²) in [6, 6.07) is 24.4. The maximum Gasteiger partial charge on any atom is 0.247 e. The molecular weight excluding hydrogens is 434 g/mol. The first-order valence-corrected chi connectivity index (χ1v) is 11.1. The normalized spacial score (nSPS) is 10.4. The van der Waals surface area contributed by atoms with Gasteiger partial charge in [-0.1, -0.05) is 54.7 Å². The van der Waals surface area contributed by atoms with Crippen molar-refractivity contribution in [2.75, 3.05) is 21.7 Å². The zero-order chi connectivity index (χ0) is 23.0. The third kappa shape index (κ3) is 5.96. The second-order valence-electron chi connectivity index (χ2n) is 6.97. The Kier molecular flexibility index (Phi) is 6.96. The number of carbonyl (C=O) groups is 2. The van der Waals surface area contributed by atoms with Gasteiger partial charge in [-0.05, 0) is 48.5 Å². The van der Waals surface area contributed by atoms with Crippen LogP contribution in [0.1, 0.15) is 0 Å². The van der Waals surface area contributed by atoms with Gasteiger partial charge in [-0.25, -0.2) is 9.97 Å². The second kappa shape index (κ2) is 10.4. The number of carbonyl (C=O) groups excluding carboxylic acids is 2. The molecule has 2 amide bonds. The number of fused-ring (bicyclic) bond motifs is 1. The standard InChI is InChI=1S/C25H21N5O2S/c1-2-22(31)26-18-11-8-12-19(15-18)27-23(32)16-33-25-29-21-14-7-6-13-20(21)24(30-25)28-17-9-4-3-5-10-17/h2-15H,1,16H2,(H,26,31)(H,27,32)(H,28,29,30). The Bertz CT molecular complexity index is 1310. The second-order valence-corrected chi connectivity index (χ2v) is 7.92. The van der Waals surface area contributed by atoms with E-state index in [0.717, 1.165) is 16.6 Å². The smallest absolute Gasteiger partial charge is 0.247 e. The molecule has 7 nitrogen and oxygen atoms in total. The summed E-state index contributed by atoms with van der Waals surface area (Å²) < 4.78 is 0. The Morgan fingerprint density at radius 1 is 0.848 bits per heavy atom. The van der Waals surface area contributed by atoms with Gasteiger partial charge in [0.15, 0.2) is 5.16 Å². The molecule has 4 aromatic rings. The van der Waals surface area contributed by atoms with Crippen molar-refractivity contribution in [3.05, 3.63) is 91.5 Å². The number of para-hydroxylation sites is 2. The van der Waals surface area contributed by atoms with Crippen molar-refractivity contribution in [1.82, 2.24) is 9.97 Å². The van der Waals surface area contributed by atoms with Crippen molar-refractivity contribution in [2.45, 2.75) is 5.16 Å². The fourth-order valence-electron chi connectivity index (χ4n) is 3.07. The number of aromatic nitrogens is 2. The quantitative estimate of drug-likeness (QED) is 0.191. The molecule has 0 aliphatic rings. The number of nitrogens with one attached hydrogen (secondary N) is 3. The largest absolute Gasteiger partial charge is 0.340 e. The number of rotatable bonds is 8. The summed E-state index contributed by atoms with van der Waals surface area (Å²) in [5, 5.41) is 10.2. The number of anilines is 4. The first kappa shape index (κ1) is 22.0. The lowest BCUT2D eigenvalue weighted by atomic mass is 10.2. The Morgan fingerprint density at radius 3 is 2.33 bits per heavy atom. The summed E-state index contributed by atoms with van der Waals surface area (Å²) in [5.74, 6) is 0.288. The molecule has 1 heterocycles. The van der Waals surface area contributed by atoms with Gasteiger partial charge in [0.05, 0.1) is 11.3 Å². The van der Waals surface area contributed by atoms with Crippen molar-refractivity contribution < 1.29 is 9.59 Å². The number of benzene rings is 3. The minimum Gasteiger partial charge on any atom is -0.340 e. The molecule has 0 spiro atoms. The van der Waals surface area contributed by atoms with E-state index in [1.54, 1.807) is 24.3 Å². The molecule has 0 aliphatic carbocycles. The molecule has 33 heavy (non-hydrogen) atoms. The molecule has 0 unspecified atom stereocenters. The fourth-order valence-corrected chi connectivity index (χ4v) is 3.72. The summed E-state index contributed by atoms with van der Waals surface area (Å²) in [6.45, 7) is 3.43. The van der Waals surface area contributed by atoms with Gasteiger partial charge < -0.3 is 16.0 Å². The van der Waals surface area contributed by atoms with E-state index in [1.165, 1.54) is 17.8 Å². The highest BCUT2D eigenvalue weighted by atomic mass is 32.2. The zero-order valence-corrected chi connectivity index (χ0v) is 18.4. The van der Waals surface area contributed by atoms with Crippen LogP contribution in [-0.2, 0) is 9.59 Å². The van der Waals surface area contributed by atoms with E-state index in [4.69, 9.17) is 0 Å². The van der Waals surface area contributed by atoms with Crippen LogP contribution in [0, 0.1) is 0 Å². The van der Waals surface area contributed by atoms with Crippen molar-refractivity contribution in [3.8, 4) is 0 Å². The molecule has 0 aliphatic heterocycles. The van der Waals surface area contributed by atoms with Gasteiger partial charge in [0.1, 0.15) is 5.82 Å². The predicted octanol–water partition coefficient (Wildman–Crippen LogP) is 5.23. The van der Waals surface area contributed by atoms with Gasteiger partial charge in [0, 0.05) is 22.4 Å². The van der Waals surface area contributed by atoms with Gasteiger partial charge in [0.25, 0.3) is 0 Å². The summed E-state index contributed by atoms with van der Waals surface area (Å²) in [4.78, 5) is 33.2. The highest BCUT2D eigenvalue weighted by Gasteiger charge is 2.11. The average Bonchev–Trinajstić information content (AvgIpc) is 2.83.